The van der Waals surface area contributed by atoms with Gasteiger partial charge in [0.25, 0.3) is 0 Å². The predicted molar refractivity (Wildman–Crippen MR) is 192 cm³/mol. The van der Waals surface area contributed by atoms with Gasteiger partial charge >= 0.3 is 0 Å². The van der Waals surface area contributed by atoms with Crippen molar-refractivity contribution in [2.24, 2.45) is 5.73 Å². The average molecular weight is 690 g/mol. The number of hydrogen-bond donors (Lipinski definition) is 1. The summed E-state index contributed by atoms with van der Waals surface area (Å²) in [5.74, 6) is -0.711. The number of ether oxygens (including phenoxy) is 7. The van der Waals surface area contributed by atoms with Gasteiger partial charge in [0, 0.05) is 19.8 Å². The molecular weight excluding hydrogens is 613 g/mol. The van der Waals surface area contributed by atoms with Gasteiger partial charge in [0.15, 0.2) is 18.2 Å². The van der Waals surface area contributed by atoms with Crippen molar-refractivity contribution in [2.45, 2.75) is 218 Å². The Hall–Kier alpha value is -0.390. The van der Waals surface area contributed by atoms with Gasteiger partial charge in [-0.05, 0) is 39.5 Å². The summed E-state index contributed by atoms with van der Waals surface area (Å²) in [6.45, 7) is 14.2. The van der Waals surface area contributed by atoms with Gasteiger partial charge in [0.2, 0.25) is 0 Å². The molecule has 48 heavy (non-hydrogen) atoms. The molecule has 0 saturated carbocycles. The lowest BCUT2D eigenvalue weighted by atomic mass is 9.99. The molecule has 0 aromatic rings. The number of nitrogens with two attached hydrogens (primary N) is 1. The van der Waals surface area contributed by atoms with E-state index in [2.05, 4.69) is 27.7 Å². The van der Waals surface area contributed by atoms with Crippen molar-refractivity contribution >= 4 is 0 Å². The minimum absolute atomic E-state index is 0.106. The normalized spacial score (nSPS) is 27.9. The molecule has 0 aromatic carbocycles. The van der Waals surface area contributed by atoms with E-state index in [0.29, 0.717) is 19.8 Å². The van der Waals surface area contributed by atoms with Gasteiger partial charge in [-0.25, -0.2) is 4.39 Å². The average Bonchev–Trinajstić information content (AvgIpc) is 3.38. The predicted octanol–water partition coefficient (Wildman–Crippen LogP) is 9.19. The topological polar surface area (TPSA) is 90.6 Å². The van der Waals surface area contributed by atoms with Gasteiger partial charge in [0.1, 0.15) is 24.4 Å². The largest absolute Gasteiger partial charge is 0.379 e. The molecule has 2 fully saturated rings. The van der Waals surface area contributed by atoms with E-state index in [1.165, 1.54) is 70.6 Å². The molecule has 8 atom stereocenters. The molecule has 2 aliphatic heterocycles. The standard InChI is InChI=1S/C39H76FNO7/c1-7-11-15-16-17-18-19-20-21-22-23-24-25-32-35(48-39(5,6)47-32)31(41)29-45-38-37(44-28-14-10-4)36(43-27-13-9-3)34(40)33(46-38)30-42-26-12-8-2/h31-38H,7-30,41H2,1-6H3/t31-,32+,33?,34+,35-,36-,37?,38-/m0/s1. The zero-order valence-electron chi connectivity index (χ0n) is 31.9. The maximum absolute atomic E-state index is 15.9. The number of hydrogen-bond acceptors (Lipinski definition) is 8. The number of alkyl halides is 1. The monoisotopic (exact) mass is 690 g/mol. The van der Waals surface area contributed by atoms with Crippen molar-refractivity contribution in [3.05, 3.63) is 0 Å². The van der Waals surface area contributed by atoms with Crippen LogP contribution in [-0.4, -0.2) is 87.8 Å². The molecule has 9 heteroatoms. The number of rotatable bonds is 30. The summed E-state index contributed by atoms with van der Waals surface area (Å²) in [4.78, 5) is 0. The summed E-state index contributed by atoms with van der Waals surface area (Å²) in [6.07, 6.45) is 17.2. The van der Waals surface area contributed by atoms with Crippen LogP contribution in [0.15, 0.2) is 0 Å². The fraction of sp³-hybridized carbons (Fsp3) is 1.00. The van der Waals surface area contributed by atoms with Crippen LogP contribution < -0.4 is 5.73 Å². The van der Waals surface area contributed by atoms with Crippen molar-refractivity contribution < 1.29 is 37.5 Å². The van der Waals surface area contributed by atoms with Crippen molar-refractivity contribution in [1.82, 2.24) is 0 Å². The Balaban J connectivity index is 1.93. The highest BCUT2D eigenvalue weighted by atomic mass is 19.1. The van der Waals surface area contributed by atoms with Crippen LogP contribution in [0.2, 0.25) is 0 Å². The Kier molecular flexibility index (Phi) is 24.1. The number of unbranched alkanes of at least 4 members (excludes halogenated alkanes) is 14. The third-order valence-electron chi connectivity index (χ3n) is 9.55. The van der Waals surface area contributed by atoms with Gasteiger partial charge in [-0.15, -0.1) is 0 Å². The van der Waals surface area contributed by atoms with E-state index in [-0.39, 0.29) is 25.4 Å². The maximum Gasteiger partial charge on any atom is 0.187 e. The van der Waals surface area contributed by atoms with E-state index < -0.39 is 42.6 Å². The lowest BCUT2D eigenvalue weighted by molar-refractivity contribution is -0.310. The summed E-state index contributed by atoms with van der Waals surface area (Å²) >= 11 is 0. The SMILES string of the molecule is CCCCCCCCCCCCCC[C@H]1OC(C)(C)O[C@H]1[C@@H](N)CO[C@H]1OC(COCCCC)[C@@H](F)[C@H](OCCCC)C1OCCCC. The van der Waals surface area contributed by atoms with Crippen molar-refractivity contribution in [3.8, 4) is 0 Å². The molecule has 2 unspecified atom stereocenters. The van der Waals surface area contributed by atoms with Crippen LogP contribution in [0.4, 0.5) is 4.39 Å². The molecule has 286 valence electrons. The Morgan fingerprint density at radius 3 is 1.73 bits per heavy atom. The van der Waals surface area contributed by atoms with E-state index in [4.69, 9.17) is 38.9 Å². The van der Waals surface area contributed by atoms with E-state index in [9.17, 15) is 0 Å². The van der Waals surface area contributed by atoms with E-state index in [1.807, 2.05) is 13.8 Å². The van der Waals surface area contributed by atoms with Gasteiger partial charge in [-0.2, -0.15) is 0 Å². The zero-order valence-corrected chi connectivity index (χ0v) is 31.9. The number of halogens is 1. The summed E-state index contributed by atoms with van der Waals surface area (Å²) in [5, 5.41) is 0. The molecule has 2 heterocycles. The van der Waals surface area contributed by atoms with Crippen molar-refractivity contribution in [2.75, 3.05) is 33.0 Å². The lowest BCUT2D eigenvalue weighted by Gasteiger charge is -2.43. The van der Waals surface area contributed by atoms with Crippen molar-refractivity contribution in [1.29, 1.82) is 0 Å². The van der Waals surface area contributed by atoms with Crippen LogP contribution in [0.25, 0.3) is 0 Å². The molecule has 2 saturated heterocycles. The van der Waals surface area contributed by atoms with Crippen LogP contribution in [0, 0.1) is 0 Å². The molecule has 8 nitrogen and oxygen atoms in total. The first kappa shape index (κ1) is 43.8. The quantitative estimate of drug-likeness (QED) is 0.0747. The van der Waals surface area contributed by atoms with Crippen LogP contribution in [0.3, 0.4) is 0 Å². The Morgan fingerprint density at radius 2 is 1.15 bits per heavy atom. The van der Waals surface area contributed by atoms with E-state index in [1.54, 1.807) is 0 Å². The molecule has 0 radical (unpaired) electrons. The molecule has 2 rings (SSSR count). The van der Waals surface area contributed by atoms with Gasteiger partial charge in [-0.1, -0.05) is 124 Å². The second-order valence-electron chi connectivity index (χ2n) is 14.6. The van der Waals surface area contributed by atoms with Crippen LogP contribution in [-0.2, 0) is 33.2 Å². The summed E-state index contributed by atoms with van der Waals surface area (Å²) in [6, 6.07) is -0.448. The summed E-state index contributed by atoms with van der Waals surface area (Å²) in [7, 11) is 0. The Bertz CT molecular complexity index is 762. The molecule has 2 N–H and O–H groups in total. The lowest BCUT2D eigenvalue weighted by Crippen LogP contribution is -2.60. The summed E-state index contributed by atoms with van der Waals surface area (Å²) in [5.41, 5.74) is 6.76. The van der Waals surface area contributed by atoms with Crippen LogP contribution >= 0.6 is 0 Å². The molecule has 0 bridgehead atoms. The maximum atomic E-state index is 15.9. The van der Waals surface area contributed by atoms with Gasteiger partial charge < -0.3 is 38.9 Å². The molecule has 0 aliphatic carbocycles. The van der Waals surface area contributed by atoms with Crippen LogP contribution in [0.5, 0.6) is 0 Å². The minimum Gasteiger partial charge on any atom is -0.379 e. The van der Waals surface area contributed by atoms with E-state index in [0.717, 1.165) is 51.4 Å². The smallest absolute Gasteiger partial charge is 0.187 e. The van der Waals surface area contributed by atoms with Crippen LogP contribution in [0.1, 0.15) is 164 Å². The second kappa shape index (κ2) is 26.4. The van der Waals surface area contributed by atoms with Crippen molar-refractivity contribution in [3.63, 3.8) is 0 Å². The second-order valence-corrected chi connectivity index (χ2v) is 14.6. The first-order valence-electron chi connectivity index (χ1n) is 20.1. The van der Waals surface area contributed by atoms with Gasteiger partial charge in [0.05, 0.1) is 25.4 Å². The molecular formula is C39H76FNO7. The highest BCUT2D eigenvalue weighted by Gasteiger charge is 2.49. The Labute approximate surface area is 294 Å². The van der Waals surface area contributed by atoms with Gasteiger partial charge in [-0.3, -0.25) is 0 Å². The molecule has 0 aromatic heterocycles. The Morgan fingerprint density at radius 1 is 0.625 bits per heavy atom. The first-order chi connectivity index (χ1) is 23.3. The molecule has 2 aliphatic rings. The third kappa shape index (κ3) is 17.2. The van der Waals surface area contributed by atoms with E-state index >= 15 is 4.39 Å². The molecule has 0 spiro atoms. The molecule has 0 amide bonds. The highest BCUT2D eigenvalue weighted by molar-refractivity contribution is 4.93. The third-order valence-corrected chi connectivity index (χ3v) is 9.55. The summed E-state index contributed by atoms with van der Waals surface area (Å²) < 4.78 is 59.4. The highest BCUT2D eigenvalue weighted by Crippen LogP contribution is 2.34. The minimum atomic E-state index is -1.39. The zero-order chi connectivity index (χ0) is 35.0. The first-order valence-corrected chi connectivity index (χ1v) is 20.1. The fourth-order valence-corrected chi connectivity index (χ4v) is 6.61. The fourth-order valence-electron chi connectivity index (χ4n) is 6.61.